The van der Waals surface area contributed by atoms with Gasteiger partial charge in [0, 0.05) is 23.6 Å². The first kappa shape index (κ1) is 11.2. The second-order valence-corrected chi connectivity index (χ2v) is 4.68. The van der Waals surface area contributed by atoms with Crippen LogP contribution in [0.15, 0.2) is 28.7 Å². The summed E-state index contributed by atoms with van der Waals surface area (Å²) in [6, 6.07) is 8.20. The number of nitrogens with zero attached hydrogens (tertiary/aromatic N) is 2. The van der Waals surface area contributed by atoms with Crippen LogP contribution in [0.25, 0.3) is 0 Å². The number of benzene rings is 1. The molecule has 16 heavy (non-hydrogen) atoms. The molecule has 4 heteroatoms. The molecule has 1 aromatic carbocycles. The lowest BCUT2D eigenvalue weighted by Gasteiger charge is -2.06. The Labute approximate surface area is 103 Å². The second-order valence-electron chi connectivity index (χ2n) is 3.83. The summed E-state index contributed by atoms with van der Waals surface area (Å²) in [5, 5.41) is 0. The van der Waals surface area contributed by atoms with Gasteiger partial charge in [-0.2, -0.15) is 0 Å². The van der Waals surface area contributed by atoms with Crippen LogP contribution in [-0.2, 0) is 13.5 Å². The molecule has 0 fully saturated rings. The Morgan fingerprint density at radius 3 is 2.62 bits per heavy atom. The second kappa shape index (κ2) is 4.29. The van der Waals surface area contributed by atoms with Gasteiger partial charge in [0.05, 0.1) is 5.69 Å². The molecule has 0 aliphatic heterocycles. The van der Waals surface area contributed by atoms with Crippen molar-refractivity contribution in [2.75, 3.05) is 5.73 Å². The van der Waals surface area contributed by atoms with Crippen LogP contribution in [0, 0.1) is 6.92 Å². The molecular weight excluding hydrogens is 266 g/mol. The van der Waals surface area contributed by atoms with E-state index in [0.717, 1.165) is 22.3 Å². The average Bonchev–Trinajstić information content (AvgIpc) is 2.48. The van der Waals surface area contributed by atoms with Crippen LogP contribution >= 0.6 is 15.9 Å². The monoisotopic (exact) mass is 279 g/mol. The Balaban J connectivity index is 2.38. The third kappa shape index (κ3) is 1.97. The number of hydrogen-bond donors (Lipinski definition) is 1. The summed E-state index contributed by atoms with van der Waals surface area (Å²) in [5.74, 6) is 0.569. The number of nitrogen functional groups attached to an aromatic ring is 1. The summed E-state index contributed by atoms with van der Waals surface area (Å²) in [4.78, 5) is 4.26. The van der Waals surface area contributed by atoms with Gasteiger partial charge >= 0.3 is 0 Å². The normalized spacial score (nSPS) is 10.7. The minimum Gasteiger partial charge on any atom is -0.369 e. The molecule has 2 rings (SSSR count). The van der Waals surface area contributed by atoms with Gasteiger partial charge in [0.15, 0.2) is 5.95 Å². The molecule has 0 aliphatic carbocycles. The van der Waals surface area contributed by atoms with E-state index in [2.05, 4.69) is 27.0 Å². The predicted molar refractivity (Wildman–Crippen MR) is 69.3 cm³/mol. The Morgan fingerprint density at radius 2 is 2.06 bits per heavy atom. The zero-order valence-electron chi connectivity index (χ0n) is 9.37. The molecule has 2 N–H and O–H groups in total. The summed E-state index contributed by atoms with van der Waals surface area (Å²) in [6.07, 6.45) is 0.841. The molecule has 0 aliphatic rings. The number of rotatable bonds is 2. The molecule has 2 aromatic rings. The first-order chi connectivity index (χ1) is 7.59. The molecule has 0 spiro atoms. The van der Waals surface area contributed by atoms with Crippen LogP contribution in [0.5, 0.6) is 0 Å². The summed E-state index contributed by atoms with van der Waals surface area (Å²) in [5.41, 5.74) is 9.17. The van der Waals surface area contributed by atoms with E-state index in [1.165, 1.54) is 5.56 Å². The van der Waals surface area contributed by atoms with Crippen LogP contribution in [-0.4, -0.2) is 9.55 Å². The fourth-order valence-corrected chi connectivity index (χ4v) is 2.19. The van der Waals surface area contributed by atoms with Gasteiger partial charge in [0.25, 0.3) is 0 Å². The zero-order chi connectivity index (χ0) is 11.7. The third-order valence-corrected chi connectivity index (χ3v) is 3.54. The Kier molecular flexibility index (Phi) is 3.01. The number of halogens is 1. The van der Waals surface area contributed by atoms with Crippen molar-refractivity contribution >= 4 is 21.9 Å². The van der Waals surface area contributed by atoms with Crippen molar-refractivity contribution in [3.05, 3.63) is 45.7 Å². The topological polar surface area (TPSA) is 43.8 Å². The van der Waals surface area contributed by atoms with E-state index in [1.807, 2.05) is 36.7 Å². The number of hydrogen-bond acceptors (Lipinski definition) is 2. The van der Waals surface area contributed by atoms with Crippen molar-refractivity contribution in [1.29, 1.82) is 0 Å². The standard InChI is InChI=1S/C12H14BrN3/c1-8-11(16(2)12(14)15-8)7-9-5-3-4-6-10(9)13/h3-6H,7H2,1-2H3,(H2,14,15). The van der Waals surface area contributed by atoms with Crippen molar-refractivity contribution in [1.82, 2.24) is 9.55 Å². The highest BCUT2D eigenvalue weighted by atomic mass is 79.9. The molecule has 0 amide bonds. The van der Waals surface area contributed by atoms with Crippen LogP contribution in [0.1, 0.15) is 17.0 Å². The molecular formula is C12H14BrN3. The van der Waals surface area contributed by atoms with E-state index in [1.54, 1.807) is 0 Å². The van der Waals surface area contributed by atoms with Gasteiger partial charge in [-0.05, 0) is 18.6 Å². The van der Waals surface area contributed by atoms with Crippen LogP contribution in [0.4, 0.5) is 5.95 Å². The number of anilines is 1. The fraction of sp³-hybridized carbons (Fsp3) is 0.250. The van der Waals surface area contributed by atoms with Crippen molar-refractivity contribution < 1.29 is 0 Å². The zero-order valence-corrected chi connectivity index (χ0v) is 11.0. The first-order valence-corrected chi connectivity index (χ1v) is 5.90. The van der Waals surface area contributed by atoms with Gasteiger partial charge in [-0.15, -0.1) is 0 Å². The Bertz CT molecular complexity index is 517. The number of aryl methyl sites for hydroxylation is 1. The van der Waals surface area contributed by atoms with Crippen molar-refractivity contribution in [3.8, 4) is 0 Å². The Hall–Kier alpha value is -1.29. The molecule has 0 atom stereocenters. The molecule has 0 saturated heterocycles. The highest BCUT2D eigenvalue weighted by Gasteiger charge is 2.10. The van der Waals surface area contributed by atoms with Gasteiger partial charge in [0.2, 0.25) is 0 Å². The SMILES string of the molecule is Cc1nc(N)n(C)c1Cc1ccccc1Br. The lowest BCUT2D eigenvalue weighted by Crippen LogP contribution is -2.02. The maximum Gasteiger partial charge on any atom is 0.200 e. The maximum absolute atomic E-state index is 5.77. The summed E-state index contributed by atoms with van der Waals surface area (Å²) in [7, 11) is 1.95. The van der Waals surface area contributed by atoms with E-state index in [9.17, 15) is 0 Å². The van der Waals surface area contributed by atoms with Crippen molar-refractivity contribution in [2.24, 2.45) is 7.05 Å². The molecule has 84 valence electrons. The van der Waals surface area contributed by atoms with Crippen LogP contribution in [0.2, 0.25) is 0 Å². The van der Waals surface area contributed by atoms with Crippen molar-refractivity contribution in [3.63, 3.8) is 0 Å². The van der Waals surface area contributed by atoms with E-state index in [-0.39, 0.29) is 0 Å². The summed E-state index contributed by atoms with van der Waals surface area (Å²) < 4.78 is 3.06. The van der Waals surface area contributed by atoms with E-state index in [4.69, 9.17) is 5.73 Å². The number of nitrogens with two attached hydrogens (primary N) is 1. The Morgan fingerprint density at radius 1 is 1.38 bits per heavy atom. The quantitative estimate of drug-likeness (QED) is 0.919. The van der Waals surface area contributed by atoms with Gasteiger partial charge < -0.3 is 10.3 Å². The van der Waals surface area contributed by atoms with Gasteiger partial charge in [-0.1, -0.05) is 34.1 Å². The predicted octanol–water partition coefficient (Wildman–Crippen LogP) is 2.66. The first-order valence-electron chi connectivity index (χ1n) is 5.10. The minimum atomic E-state index is 0.569. The molecule has 3 nitrogen and oxygen atoms in total. The smallest absolute Gasteiger partial charge is 0.200 e. The highest BCUT2D eigenvalue weighted by Crippen LogP contribution is 2.21. The minimum absolute atomic E-state index is 0.569. The summed E-state index contributed by atoms with van der Waals surface area (Å²) in [6.45, 7) is 1.99. The van der Waals surface area contributed by atoms with E-state index < -0.39 is 0 Å². The fourth-order valence-electron chi connectivity index (χ4n) is 1.76. The lowest BCUT2D eigenvalue weighted by molar-refractivity contribution is 0.852. The van der Waals surface area contributed by atoms with Gasteiger partial charge in [-0.25, -0.2) is 4.98 Å². The highest BCUT2D eigenvalue weighted by molar-refractivity contribution is 9.10. The number of imidazole rings is 1. The van der Waals surface area contributed by atoms with E-state index >= 15 is 0 Å². The maximum atomic E-state index is 5.77. The largest absolute Gasteiger partial charge is 0.369 e. The third-order valence-electron chi connectivity index (χ3n) is 2.76. The lowest BCUT2D eigenvalue weighted by atomic mass is 10.1. The average molecular weight is 280 g/mol. The molecule has 0 unspecified atom stereocenters. The van der Waals surface area contributed by atoms with E-state index in [0.29, 0.717) is 5.95 Å². The van der Waals surface area contributed by atoms with Crippen LogP contribution in [0.3, 0.4) is 0 Å². The molecule has 1 aromatic heterocycles. The van der Waals surface area contributed by atoms with Gasteiger partial charge in [0.1, 0.15) is 0 Å². The van der Waals surface area contributed by atoms with Crippen molar-refractivity contribution in [2.45, 2.75) is 13.3 Å². The number of aromatic nitrogens is 2. The molecule has 0 radical (unpaired) electrons. The molecule has 1 heterocycles. The summed E-state index contributed by atoms with van der Waals surface area (Å²) >= 11 is 3.55. The molecule has 0 saturated carbocycles. The van der Waals surface area contributed by atoms with Gasteiger partial charge in [-0.3, -0.25) is 0 Å². The van der Waals surface area contributed by atoms with Crippen LogP contribution < -0.4 is 5.73 Å². The molecule has 0 bridgehead atoms.